The zero-order valence-electron chi connectivity index (χ0n) is 16.9. The molecule has 4 rings (SSSR count). The Kier molecular flexibility index (Phi) is 6.63. The first kappa shape index (κ1) is 21.1. The molecule has 31 heavy (non-hydrogen) atoms. The molecule has 160 valence electrons. The quantitative estimate of drug-likeness (QED) is 0.402. The second kappa shape index (κ2) is 9.76. The summed E-state index contributed by atoms with van der Waals surface area (Å²) in [4.78, 5) is 23.1. The molecule has 0 aliphatic carbocycles. The standard InChI is InChI=1S/C22H24BrN7O/c23-19-14-25-21(29-20(19)26-16-6-3-5-15(11-16)13-24)27-17-7-4-8-18(12-17)28-22(31)30-9-1-2-10-30/h3-8,11-12,14H,1-2,9-10,13,24H2,(H,28,31)(H2,25,26,27,29). The first-order valence-corrected chi connectivity index (χ1v) is 10.9. The summed E-state index contributed by atoms with van der Waals surface area (Å²) in [5, 5.41) is 9.43. The van der Waals surface area contributed by atoms with Crippen LogP contribution in [0.1, 0.15) is 18.4 Å². The third-order valence-electron chi connectivity index (χ3n) is 4.93. The summed E-state index contributed by atoms with van der Waals surface area (Å²) >= 11 is 3.49. The zero-order chi connectivity index (χ0) is 21.6. The van der Waals surface area contributed by atoms with Crippen LogP contribution < -0.4 is 21.7 Å². The highest BCUT2D eigenvalue weighted by Crippen LogP contribution is 2.26. The molecule has 5 N–H and O–H groups in total. The monoisotopic (exact) mass is 481 g/mol. The molecule has 0 radical (unpaired) electrons. The van der Waals surface area contributed by atoms with E-state index in [1.807, 2.05) is 53.4 Å². The van der Waals surface area contributed by atoms with Crippen molar-refractivity contribution in [3.8, 4) is 0 Å². The van der Waals surface area contributed by atoms with Gasteiger partial charge in [0.1, 0.15) is 5.82 Å². The number of anilines is 5. The van der Waals surface area contributed by atoms with Gasteiger partial charge in [0, 0.05) is 42.9 Å². The number of aromatic nitrogens is 2. The summed E-state index contributed by atoms with van der Waals surface area (Å²) in [6.45, 7) is 2.08. The van der Waals surface area contributed by atoms with Crippen molar-refractivity contribution in [1.29, 1.82) is 0 Å². The number of hydrogen-bond acceptors (Lipinski definition) is 6. The first-order chi connectivity index (χ1) is 15.1. The van der Waals surface area contributed by atoms with E-state index in [-0.39, 0.29) is 6.03 Å². The normalized spacial score (nSPS) is 13.2. The van der Waals surface area contributed by atoms with Gasteiger partial charge in [-0.15, -0.1) is 0 Å². The average molecular weight is 482 g/mol. The number of amides is 2. The zero-order valence-corrected chi connectivity index (χ0v) is 18.5. The van der Waals surface area contributed by atoms with Crippen LogP contribution in [0.4, 0.5) is 33.6 Å². The SMILES string of the molecule is NCc1cccc(Nc2nc(Nc3cccc(NC(=O)N4CCCC4)c3)ncc2Br)c1. The van der Waals surface area contributed by atoms with Crippen LogP contribution in [0.5, 0.6) is 0 Å². The fourth-order valence-electron chi connectivity index (χ4n) is 3.35. The molecule has 8 nitrogen and oxygen atoms in total. The molecule has 3 aromatic rings. The number of carbonyl (C=O) groups excluding carboxylic acids is 1. The molecule has 1 saturated heterocycles. The van der Waals surface area contributed by atoms with Gasteiger partial charge in [-0.2, -0.15) is 4.98 Å². The van der Waals surface area contributed by atoms with Gasteiger partial charge < -0.3 is 26.6 Å². The number of urea groups is 1. The van der Waals surface area contributed by atoms with E-state index < -0.39 is 0 Å². The Labute approximate surface area is 189 Å². The summed E-state index contributed by atoms with van der Waals surface area (Å²) in [7, 11) is 0. The van der Waals surface area contributed by atoms with Crippen LogP contribution in [0, 0.1) is 0 Å². The largest absolute Gasteiger partial charge is 0.339 e. The van der Waals surface area contributed by atoms with Crippen LogP contribution in [0.3, 0.4) is 0 Å². The molecule has 0 spiro atoms. The number of nitrogens with two attached hydrogens (primary N) is 1. The lowest BCUT2D eigenvalue weighted by atomic mass is 10.2. The number of halogens is 1. The van der Waals surface area contributed by atoms with Crippen LogP contribution in [-0.4, -0.2) is 34.0 Å². The van der Waals surface area contributed by atoms with E-state index in [1.165, 1.54) is 0 Å². The van der Waals surface area contributed by atoms with Crippen molar-refractivity contribution in [3.63, 3.8) is 0 Å². The highest BCUT2D eigenvalue weighted by Gasteiger charge is 2.17. The van der Waals surface area contributed by atoms with E-state index >= 15 is 0 Å². The Morgan fingerprint density at radius 2 is 1.74 bits per heavy atom. The second-order valence-electron chi connectivity index (χ2n) is 7.25. The van der Waals surface area contributed by atoms with Crippen LogP contribution in [0.2, 0.25) is 0 Å². The number of hydrogen-bond donors (Lipinski definition) is 4. The number of carbonyl (C=O) groups is 1. The summed E-state index contributed by atoms with van der Waals surface area (Å²) in [5.74, 6) is 1.06. The van der Waals surface area contributed by atoms with Crippen LogP contribution in [0.25, 0.3) is 0 Å². The molecule has 1 aromatic heterocycles. The third-order valence-corrected chi connectivity index (χ3v) is 5.51. The van der Waals surface area contributed by atoms with Gasteiger partial charge in [0.2, 0.25) is 5.95 Å². The molecule has 1 fully saturated rings. The van der Waals surface area contributed by atoms with Crippen molar-refractivity contribution < 1.29 is 4.79 Å². The maximum absolute atomic E-state index is 12.3. The fourth-order valence-corrected chi connectivity index (χ4v) is 3.64. The molecule has 0 unspecified atom stereocenters. The van der Waals surface area contributed by atoms with Gasteiger partial charge in [0.25, 0.3) is 0 Å². The van der Waals surface area contributed by atoms with Gasteiger partial charge in [-0.1, -0.05) is 18.2 Å². The Bertz CT molecular complexity index is 1070. The fraction of sp³-hybridized carbons (Fsp3) is 0.227. The van der Waals surface area contributed by atoms with Crippen molar-refractivity contribution in [2.24, 2.45) is 5.73 Å². The van der Waals surface area contributed by atoms with Crippen molar-refractivity contribution in [3.05, 3.63) is 64.8 Å². The average Bonchev–Trinajstić information content (AvgIpc) is 3.32. The number of likely N-dealkylation sites (tertiary alicyclic amines) is 1. The lowest BCUT2D eigenvalue weighted by Crippen LogP contribution is -2.32. The van der Waals surface area contributed by atoms with Crippen LogP contribution in [0.15, 0.2) is 59.2 Å². The van der Waals surface area contributed by atoms with Gasteiger partial charge in [-0.3, -0.25) is 0 Å². The molecule has 0 bridgehead atoms. The van der Waals surface area contributed by atoms with Crippen molar-refractivity contribution in [1.82, 2.24) is 14.9 Å². The van der Waals surface area contributed by atoms with E-state index in [0.29, 0.717) is 18.3 Å². The first-order valence-electron chi connectivity index (χ1n) is 10.1. The van der Waals surface area contributed by atoms with Crippen molar-refractivity contribution >= 4 is 50.8 Å². The minimum absolute atomic E-state index is 0.0688. The highest BCUT2D eigenvalue weighted by molar-refractivity contribution is 9.10. The molecule has 9 heteroatoms. The Morgan fingerprint density at radius 3 is 2.52 bits per heavy atom. The van der Waals surface area contributed by atoms with E-state index in [0.717, 1.165) is 53.0 Å². The summed E-state index contributed by atoms with van der Waals surface area (Å²) in [5.41, 5.74) is 9.14. The molecule has 2 heterocycles. The number of nitrogens with zero attached hydrogens (tertiary/aromatic N) is 3. The highest BCUT2D eigenvalue weighted by atomic mass is 79.9. The summed E-state index contributed by atoms with van der Waals surface area (Å²) in [6.07, 6.45) is 3.80. The predicted octanol–water partition coefficient (Wildman–Crippen LogP) is 4.81. The van der Waals surface area contributed by atoms with Gasteiger partial charge in [-0.05, 0) is 64.7 Å². The van der Waals surface area contributed by atoms with E-state index in [1.54, 1.807) is 6.20 Å². The van der Waals surface area contributed by atoms with Gasteiger partial charge >= 0.3 is 6.03 Å². The predicted molar refractivity (Wildman–Crippen MR) is 127 cm³/mol. The summed E-state index contributed by atoms with van der Waals surface area (Å²) < 4.78 is 0.739. The minimum atomic E-state index is -0.0688. The minimum Gasteiger partial charge on any atom is -0.339 e. The maximum Gasteiger partial charge on any atom is 0.321 e. The van der Waals surface area contributed by atoms with E-state index in [9.17, 15) is 4.79 Å². The van der Waals surface area contributed by atoms with Crippen LogP contribution in [-0.2, 0) is 6.54 Å². The van der Waals surface area contributed by atoms with Gasteiger partial charge in [-0.25, -0.2) is 9.78 Å². The molecule has 1 aliphatic heterocycles. The molecular formula is C22H24BrN7O. The Balaban J connectivity index is 1.46. The summed E-state index contributed by atoms with van der Waals surface area (Å²) in [6, 6.07) is 15.3. The lowest BCUT2D eigenvalue weighted by Gasteiger charge is -2.16. The smallest absolute Gasteiger partial charge is 0.321 e. The maximum atomic E-state index is 12.3. The van der Waals surface area contributed by atoms with Gasteiger partial charge in [0.05, 0.1) is 4.47 Å². The Hall–Kier alpha value is -3.17. The van der Waals surface area contributed by atoms with E-state index in [4.69, 9.17) is 5.73 Å². The van der Waals surface area contributed by atoms with Gasteiger partial charge in [0.15, 0.2) is 0 Å². The number of rotatable bonds is 6. The molecule has 2 amide bonds. The molecule has 0 atom stereocenters. The second-order valence-corrected chi connectivity index (χ2v) is 8.10. The lowest BCUT2D eigenvalue weighted by molar-refractivity contribution is 0.222. The number of nitrogens with one attached hydrogen (secondary N) is 3. The number of benzene rings is 2. The topological polar surface area (TPSA) is 108 Å². The Morgan fingerprint density at radius 1 is 1.03 bits per heavy atom. The van der Waals surface area contributed by atoms with Crippen molar-refractivity contribution in [2.75, 3.05) is 29.0 Å². The van der Waals surface area contributed by atoms with E-state index in [2.05, 4.69) is 41.8 Å². The molecule has 2 aromatic carbocycles. The molecule has 0 saturated carbocycles. The van der Waals surface area contributed by atoms with Crippen molar-refractivity contribution in [2.45, 2.75) is 19.4 Å². The van der Waals surface area contributed by atoms with Crippen LogP contribution >= 0.6 is 15.9 Å². The molecule has 1 aliphatic rings. The third kappa shape index (κ3) is 5.50. The molecular weight excluding hydrogens is 458 g/mol.